The second-order valence-electron chi connectivity index (χ2n) is 5.14. The molecule has 0 spiro atoms. The molecule has 2 aromatic heterocycles. The van der Waals surface area contributed by atoms with Crippen LogP contribution in [-0.2, 0) is 0 Å². The smallest absolute Gasteiger partial charge is 0.232 e. The van der Waals surface area contributed by atoms with Crippen LogP contribution in [0.15, 0.2) is 53.1 Å². The van der Waals surface area contributed by atoms with E-state index in [2.05, 4.69) is 16.0 Å². The first kappa shape index (κ1) is 15.0. The van der Waals surface area contributed by atoms with E-state index in [0.29, 0.717) is 44.0 Å². The molecule has 4 aromatic rings. The average Bonchev–Trinajstić information content (AvgIpc) is 2.92. The summed E-state index contributed by atoms with van der Waals surface area (Å²) >= 11 is 12.4. The minimum atomic E-state index is 0.337. The number of furan rings is 1. The molecule has 0 fully saturated rings. The molecule has 0 saturated heterocycles. The van der Waals surface area contributed by atoms with Gasteiger partial charge in [-0.1, -0.05) is 59.6 Å². The summed E-state index contributed by atoms with van der Waals surface area (Å²) in [4.78, 5) is 8.82. The van der Waals surface area contributed by atoms with Gasteiger partial charge in [0, 0.05) is 17.8 Å². The topological polar surface area (TPSA) is 64.9 Å². The SMILES string of the molecule is Nc1c(-c2c(Cl)[c]ccc2Cl)oc2nc(-c3ccccc3)ncc12. The molecule has 0 aliphatic rings. The van der Waals surface area contributed by atoms with Crippen LogP contribution in [0.1, 0.15) is 0 Å². The summed E-state index contributed by atoms with van der Waals surface area (Å²) in [6.45, 7) is 0. The van der Waals surface area contributed by atoms with Gasteiger partial charge in [-0.2, -0.15) is 4.98 Å². The van der Waals surface area contributed by atoms with Crippen molar-refractivity contribution in [3.05, 3.63) is 64.8 Å². The molecular formula is C18H10Cl2N3O. The van der Waals surface area contributed by atoms with E-state index in [4.69, 9.17) is 33.4 Å². The average molecular weight is 355 g/mol. The van der Waals surface area contributed by atoms with Crippen molar-refractivity contribution in [3.8, 4) is 22.7 Å². The van der Waals surface area contributed by atoms with E-state index in [1.165, 1.54) is 0 Å². The highest BCUT2D eigenvalue weighted by Gasteiger charge is 2.20. The molecule has 1 radical (unpaired) electrons. The number of aromatic nitrogens is 2. The molecule has 0 bridgehead atoms. The molecule has 6 heteroatoms. The van der Waals surface area contributed by atoms with Crippen molar-refractivity contribution in [1.29, 1.82) is 0 Å². The Morgan fingerprint density at radius 1 is 1.08 bits per heavy atom. The summed E-state index contributed by atoms with van der Waals surface area (Å²) in [5, 5.41) is 1.38. The van der Waals surface area contributed by atoms with Crippen molar-refractivity contribution in [2.75, 3.05) is 5.73 Å². The van der Waals surface area contributed by atoms with E-state index in [1.807, 2.05) is 30.3 Å². The zero-order valence-electron chi connectivity index (χ0n) is 12.3. The lowest BCUT2D eigenvalue weighted by molar-refractivity contribution is 0.619. The monoisotopic (exact) mass is 354 g/mol. The maximum Gasteiger partial charge on any atom is 0.232 e. The number of rotatable bonds is 2. The first-order valence-corrected chi connectivity index (χ1v) is 7.87. The highest BCUT2D eigenvalue weighted by molar-refractivity contribution is 6.39. The summed E-state index contributed by atoms with van der Waals surface area (Å²) in [6.07, 6.45) is 1.64. The standard InChI is InChI=1S/C18H10Cl2N3O/c19-12-7-4-8-13(20)14(12)16-15(21)11-9-22-17(23-18(11)24-16)10-5-2-1-3-6-10/h1-7,9H,21H2. The van der Waals surface area contributed by atoms with Gasteiger partial charge >= 0.3 is 0 Å². The van der Waals surface area contributed by atoms with E-state index in [0.717, 1.165) is 5.56 Å². The first-order valence-electron chi connectivity index (χ1n) is 7.11. The Morgan fingerprint density at radius 2 is 1.88 bits per heavy atom. The van der Waals surface area contributed by atoms with E-state index in [-0.39, 0.29) is 0 Å². The molecular weight excluding hydrogens is 345 g/mol. The van der Waals surface area contributed by atoms with E-state index >= 15 is 0 Å². The summed E-state index contributed by atoms with van der Waals surface area (Å²) in [5.41, 5.74) is 8.36. The summed E-state index contributed by atoms with van der Waals surface area (Å²) < 4.78 is 5.84. The number of nitrogens with two attached hydrogens (primary N) is 1. The Morgan fingerprint density at radius 3 is 2.62 bits per heavy atom. The van der Waals surface area contributed by atoms with Crippen LogP contribution in [0, 0.1) is 6.07 Å². The molecule has 0 atom stereocenters. The van der Waals surface area contributed by atoms with E-state index in [9.17, 15) is 0 Å². The molecule has 2 N–H and O–H groups in total. The van der Waals surface area contributed by atoms with Gasteiger partial charge in [-0.25, -0.2) is 4.98 Å². The molecule has 24 heavy (non-hydrogen) atoms. The predicted molar refractivity (Wildman–Crippen MR) is 95.9 cm³/mol. The lowest BCUT2D eigenvalue weighted by Gasteiger charge is -2.03. The predicted octanol–water partition coefficient (Wildman–Crippen LogP) is 5.25. The maximum atomic E-state index is 6.23. The van der Waals surface area contributed by atoms with Crippen LogP contribution in [0.3, 0.4) is 0 Å². The second-order valence-corrected chi connectivity index (χ2v) is 5.92. The van der Waals surface area contributed by atoms with Gasteiger partial charge in [0.1, 0.15) is 0 Å². The Labute approximate surface area is 147 Å². The van der Waals surface area contributed by atoms with Crippen LogP contribution < -0.4 is 5.73 Å². The van der Waals surface area contributed by atoms with E-state index in [1.54, 1.807) is 18.3 Å². The zero-order chi connectivity index (χ0) is 16.7. The van der Waals surface area contributed by atoms with Gasteiger partial charge in [0.05, 0.1) is 26.7 Å². The fourth-order valence-electron chi connectivity index (χ4n) is 2.47. The number of hydrogen-bond donors (Lipinski definition) is 1. The fourth-order valence-corrected chi connectivity index (χ4v) is 3.01. The van der Waals surface area contributed by atoms with Gasteiger partial charge in [0.25, 0.3) is 0 Å². The van der Waals surface area contributed by atoms with Gasteiger partial charge in [-0.3, -0.25) is 0 Å². The molecule has 0 aliphatic heterocycles. The van der Waals surface area contributed by atoms with Gasteiger partial charge in [-0.15, -0.1) is 0 Å². The van der Waals surface area contributed by atoms with Crippen LogP contribution in [0.25, 0.3) is 33.8 Å². The lowest BCUT2D eigenvalue weighted by atomic mass is 10.1. The maximum absolute atomic E-state index is 6.23. The quantitative estimate of drug-likeness (QED) is 0.534. The highest BCUT2D eigenvalue weighted by Crippen LogP contribution is 2.41. The third-order valence-electron chi connectivity index (χ3n) is 3.64. The first-order chi connectivity index (χ1) is 11.6. The Bertz CT molecular complexity index is 1020. The molecule has 0 amide bonds. The summed E-state index contributed by atoms with van der Waals surface area (Å²) in [7, 11) is 0. The van der Waals surface area contributed by atoms with Crippen molar-refractivity contribution in [3.63, 3.8) is 0 Å². The second kappa shape index (κ2) is 5.82. The Balaban J connectivity index is 1.92. The number of nitrogen functional groups attached to an aromatic ring is 1. The summed E-state index contributed by atoms with van der Waals surface area (Å²) in [6, 6.07) is 15.8. The molecule has 2 heterocycles. The van der Waals surface area contributed by atoms with Crippen LogP contribution in [0.5, 0.6) is 0 Å². The van der Waals surface area contributed by atoms with Crippen molar-refractivity contribution in [1.82, 2.24) is 9.97 Å². The minimum Gasteiger partial charge on any atom is -0.435 e. The number of benzene rings is 2. The van der Waals surface area contributed by atoms with Crippen LogP contribution in [0.4, 0.5) is 5.69 Å². The van der Waals surface area contributed by atoms with Gasteiger partial charge in [0.2, 0.25) is 5.71 Å². The van der Waals surface area contributed by atoms with Gasteiger partial charge < -0.3 is 10.2 Å². The third kappa shape index (κ3) is 2.40. The van der Waals surface area contributed by atoms with Crippen molar-refractivity contribution < 1.29 is 4.42 Å². The molecule has 0 unspecified atom stereocenters. The van der Waals surface area contributed by atoms with Gasteiger partial charge in [0.15, 0.2) is 11.6 Å². The lowest BCUT2D eigenvalue weighted by Crippen LogP contribution is -1.90. The third-order valence-corrected chi connectivity index (χ3v) is 4.26. The summed E-state index contributed by atoms with van der Waals surface area (Å²) in [5.74, 6) is 0.927. The number of nitrogens with zero attached hydrogens (tertiary/aromatic N) is 2. The van der Waals surface area contributed by atoms with Crippen molar-refractivity contribution in [2.24, 2.45) is 0 Å². The molecule has 4 nitrogen and oxygen atoms in total. The normalized spacial score (nSPS) is 11.1. The highest BCUT2D eigenvalue weighted by atomic mass is 35.5. The van der Waals surface area contributed by atoms with Crippen LogP contribution in [-0.4, -0.2) is 9.97 Å². The van der Waals surface area contributed by atoms with Crippen molar-refractivity contribution in [2.45, 2.75) is 0 Å². The zero-order valence-corrected chi connectivity index (χ0v) is 13.8. The van der Waals surface area contributed by atoms with E-state index < -0.39 is 0 Å². The molecule has 117 valence electrons. The molecule has 0 saturated carbocycles. The number of halogens is 2. The Kier molecular flexibility index (Phi) is 3.63. The molecule has 2 aromatic carbocycles. The minimum absolute atomic E-state index is 0.337. The van der Waals surface area contributed by atoms with Crippen LogP contribution in [0.2, 0.25) is 10.0 Å². The molecule has 0 aliphatic carbocycles. The van der Waals surface area contributed by atoms with Crippen LogP contribution >= 0.6 is 23.2 Å². The number of fused-ring (bicyclic) bond motifs is 1. The largest absolute Gasteiger partial charge is 0.435 e. The molecule has 4 rings (SSSR count). The number of anilines is 1. The fraction of sp³-hybridized carbons (Fsp3) is 0. The van der Waals surface area contributed by atoms with Crippen molar-refractivity contribution >= 4 is 40.0 Å². The Hall–Kier alpha value is -2.56. The van der Waals surface area contributed by atoms with Gasteiger partial charge in [-0.05, 0) is 6.07 Å². The number of hydrogen-bond acceptors (Lipinski definition) is 4.